The minimum atomic E-state index is -0.181. The molecule has 22 aromatic rings. The molecule has 126 heavy (non-hydrogen) atoms. The number of nitriles is 9. The Labute approximate surface area is 717 Å². The van der Waals surface area contributed by atoms with Crippen molar-refractivity contribution in [3.63, 3.8) is 0 Å². The lowest BCUT2D eigenvalue weighted by Gasteiger charge is -2.17. The fourth-order valence-corrected chi connectivity index (χ4v) is 18.6. The van der Waals surface area contributed by atoms with Gasteiger partial charge in [0.25, 0.3) is 0 Å². The van der Waals surface area contributed by atoms with Crippen molar-refractivity contribution in [2.24, 2.45) is 0 Å². The molecule has 0 aliphatic rings. The van der Waals surface area contributed by atoms with Crippen molar-refractivity contribution in [3.05, 3.63) is 392 Å². The first kappa shape index (κ1) is 75.9. The topological polar surface area (TPSA) is 240 Å². The van der Waals surface area contributed by atoms with Crippen LogP contribution in [0.5, 0.6) is 0 Å². The Kier molecular flexibility index (Phi) is 18.3. The van der Waals surface area contributed by atoms with Crippen molar-refractivity contribution in [2.45, 2.75) is 0 Å². The molecule has 0 bridgehead atoms. The Hall–Kier alpha value is -20.1. The third-order valence-corrected chi connectivity index (χ3v) is 23.9. The molecule has 22 rings (SSSR count). The Bertz CT molecular complexity index is 9520. The fourth-order valence-electron chi connectivity index (χ4n) is 18.6. The maximum atomic E-state index is 10.1. The van der Waals surface area contributed by atoms with Crippen LogP contribution in [0.1, 0.15) is 50.1 Å². The molecule has 0 spiro atoms. The van der Waals surface area contributed by atoms with E-state index in [1.807, 2.05) is 109 Å². The highest BCUT2D eigenvalue weighted by Crippen LogP contribution is 2.55. The number of hydrogen-bond acceptors (Lipinski definition) is 9. The van der Waals surface area contributed by atoms with Gasteiger partial charge in [-0.15, -0.1) is 0 Å². The molecule has 0 heterocycles. The average molecular weight is 1590 g/mol. The summed E-state index contributed by atoms with van der Waals surface area (Å²) in [6.07, 6.45) is 0. The van der Waals surface area contributed by atoms with Gasteiger partial charge in [-0.25, -0.2) is 0 Å². The van der Waals surface area contributed by atoms with Gasteiger partial charge in [-0.2, -0.15) is 47.4 Å². The van der Waals surface area contributed by atoms with Crippen LogP contribution in [0, 0.1) is 141 Å². The number of benzene rings is 22. The van der Waals surface area contributed by atoms with E-state index in [0.29, 0.717) is 65.3 Å². The predicted octanol–water partition coefficient (Wildman–Crippen LogP) is 29.7. The number of hydrogen-bond donors (Lipinski definition) is 0. The zero-order valence-corrected chi connectivity index (χ0v) is 65.7. The first-order valence-corrected chi connectivity index (χ1v) is 39.1. The van der Waals surface area contributed by atoms with E-state index in [4.69, 9.17) is 39.4 Å². The second kappa shape index (κ2) is 30.4. The second-order valence-corrected chi connectivity index (χ2v) is 29.9. The van der Waals surface area contributed by atoms with Gasteiger partial charge < -0.3 is 0 Å². The second-order valence-electron chi connectivity index (χ2n) is 29.9. The summed E-state index contributed by atoms with van der Waals surface area (Å²) >= 11 is 0. The summed E-state index contributed by atoms with van der Waals surface area (Å²) in [5.41, 5.74) is 2.39. The minimum absolute atomic E-state index is 0.00104. The molecule has 0 aliphatic heterocycles. The highest BCUT2D eigenvalue weighted by atomic mass is 14.8. The predicted molar refractivity (Wildman–Crippen MR) is 501 cm³/mol. The average Bonchev–Trinajstić information content (AvgIpc) is 0.714. The van der Waals surface area contributed by atoms with Crippen molar-refractivity contribution in [1.29, 1.82) is 47.4 Å². The van der Waals surface area contributed by atoms with Crippen LogP contribution in [-0.2, 0) is 0 Å². The van der Waals surface area contributed by atoms with Gasteiger partial charge in [0.05, 0.1) is 95.6 Å². The van der Waals surface area contributed by atoms with Crippen LogP contribution in [0.2, 0.25) is 0 Å². The molecular formula is C111H45N15. The summed E-state index contributed by atoms with van der Waals surface area (Å²) < 4.78 is 0. The standard InChI is InChI=1S/C28H8N6.2C28H14N2.C27H9N5/c1-32-26-22(14-31)24-21-11-17(13-30)16(12-29)10-20(21)19-9-8-15-6-4-5-7-18(15)23(19)25(24)27(33-2)28(26)34-3;29-15-19-13-25-23-11-9-17-5-1-3-7-21(17)27(23)24-12-10-18-6-2-4-8-22(18)28(24)26(25)14-20(19)16-30;29-15-19-13-25-23-11-9-17-5-1-3-7-21(17)27(23)28-22-8-4-2-6-18(22)10-12-24(28)26(25)14-20(19)16-30;1-30-23-12-22-21-11-17(14-29)16(13-28)10-20(21)19-9-8-15-6-4-5-7-18(15)24(19)25(22)27(32-3)26(23)31-2/h4-11H;2*1-14H;4-12H. The van der Waals surface area contributed by atoms with Crippen molar-refractivity contribution in [3.8, 4) is 54.6 Å². The quantitative estimate of drug-likeness (QED) is 0.103. The Morgan fingerprint density at radius 3 is 0.690 bits per heavy atom. The van der Waals surface area contributed by atoms with Gasteiger partial charge >= 0.3 is 0 Å². The molecule has 22 aromatic carbocycles. The van der Waals surface area contributed by atoms with Crippen LogP contribution in [0.25, 0.3) is 223 Å². The van der Waals surface area contributed by atoms with Crippen LogP contribution < -0.4 is 0 Å². The molecule has 0 aliphatic carbocycles. The summed E-state index contributed by atoms with van der Waals surface area (Å²) in [4.78, 5) is 21.3. The van der Waals surface area contributed by atoms with Crippen LogP contribution in [0.3, 0.4) is 0 Å². The van der Waals surface area contributed by atoms with E-state index in [0.717, 1.165) is 97.0 Å². The summed E-state index contributed by atoms with van der Waals surface area (Å²) in [5.74, 6) is 0. The Balaban J connectivity index is 0.000000110. The van der Waals surface area contributed by atoms with Crippen LogP contribution in [0.15, 0.2) is 273 Å². The molecule has 0 amide bonds. The number of rotatable bonds is 0. The van der Waals surface area contributed by atoms with Crippen LogP contribution in [-0.4, -0.2) is 0 Å². The van der Waals surface area contributed by atoms with Crippen LogP contribution in [0.4, 0.5) is 34.1 Å². The van der Waals surface area contributed by atoms with Crippen LogP contribution >= 0.6 is 0 Å². The Morgan fingerprint density at radius 2 is 0.389 bits per heavy atom. The van der Waals surface area contributed by atoms with E-state index in [1.165, 1.54) is 59.9 Å². The van der Waals surface area contributed by atoms with Gasteiger partial charge in [-0.3, -0.25) is 29.1 Å². The maximum absolute atomic E-state index is 10.1. The van der Waals surface area contributed by atoms with Crippen molar-refractivity contribution in [1.82, 2.24) is 0 Å². The molecule has 0 atom stereocenters. The molecule has 0 aromatic heterocycles. The lowest BCUT2D eigenvalue weighted by Crippen LogP contribution is -1.92. The molecule has 0 fully saturated rings. The van der Waals surface area contributed by atoms with E-state index in [-0.39, 0.29) is 61.9 Å². The van der Waals surface area contributed by atoms with Gasteiger partial charge in [-0.05, 0) is 242 Å². The smallest absolute Gasteiger partial charge is 0.202 e. The summed E-state index contributed by atoms with van der Waals surface area (Å²) in [6, 6.07) is 109. The monoisotopic (exact) mass is 1590 g/mol. The molecule has 0 unspecified atom stereocenters. The number of nitrogens with zero attached hydrogens (tertiary/aromatic N) is 15. The molecule has 0 N–H and O–H groups in total. The first-order valence-electron chi connectivity index (χ1n) is 39.1. The van der Waals surface area contributed by atoms with Gasteiger partial charge in [0.2, 0.25) is 17.1 Å². The molecule has 15 heteroatoms. The van der Waals surface area contributed by atoms with Gasteiger partial charge in [0.15, 0.2) is 17.1 Å². The Morgan fingerprint density at radius 1 is 0.159 bits per heavy atom. The molecule has 0 saturated heterocycles. The molecular weight excluding hydrogens is 1540 g/mol. The maximum Gasteiger partial charge on any atom is 0.202 e. The molecule has 0 radical (unpaired) electrons. The van der Waals surface area contributed by atoms with E-state index in [9.17, 15) is 47.4 Å². The van der Waals surface area contributed by atoms with E-state index < -0.39 is 0 Å². The number of fused-ring (bicyclic) bond motifs is 36. The first-order chi connectivity index (χ1) is 61.9. The summed E-state index contributed by atoms with van der Waals surface area (Å²) in [5, 5.41) is 121. The lowest BCUT2D eigenvalue weighted by molar-refractivity contribution is 1.45. The minimum Gasteiger partial charge on any atom is -0.262 e. The van der Waals surface area contributed by atoms with Gasteiger partial charge in [-0.1, -0.05) is 224 Å². The summed E-state index contributed by atoms with van der Waals surface area (Å²) in [6.45, 7) is 46.3. The largest absolute Gasteiger partial charge is 0.262 e. The van der Waals surface area contributed by atoms with Crippen molar-refractivity contribution < 1.29 is 0 Å². The summed E-state index contributed by atoms with van der Waals surface area (Å²) in [7, 11) is 0. The SMILES string of the molecule is N#Cc1cc2c(cc1C#N)c1ccc3ccccc3c1c1c3ccccc3ccc21.N#Cc1cc2c3ccc4ccccc4c3c3ccc4ccccc4c3c2cc1C#N.[C-]#[N+]c1c([N+]#[C-])c([N+]#[C-])c2c(c1C#N)c1cc(C#N)c(C#N)cc1c1ccc3ccccc3c12.[C-]#[N+]c1cc2c3cc(C#N)c(C#N)cc3c3ccc4ccccc4c3c2c([N+]#[C-])c1[N+]#[C-]. The van der Waals surface area contributed by atoms with E-state index >= 15 is 0 Å². The van der Waals surface area contributed by atoms with Crippen molar-refractivity contribution >= 4 is 228 Å². The highest BCUT2D eigenvalue weighted by Gasteiger charge is 2.28. The van der Waals surface area contributed by atoms with Gasteiger partial charge in [0.1, 0.15) is 48.6 Å². The fraction of sp³-hybridized carbons (Fsp3) is 0. The molecule has 15 nitrogen and oxygen atoms in total. The third-order valence-electron chi connectivity index (χ3n) is 23.9. The molecule has 564 valence electrons. The van der Waals surface area contributed by atoms with E-state index in [2.05, 4.69) is 217 Å². The zero-order valence-electron chi connectivity index (χ0n) is 65.7. The molecule has 0 saturated carbocycles. The van der Waals surface area contributed by atoms with Gasteiger partial charge in [0, 0.05) is 0 Å². The van der Waals surface area contributed by atoms with Crippen molar-refractivity contribution in [2.75, 3.05) is 0 Å². The normalized spacial score (nSPS) is 10.7. The zero-order chi connectivity index (χ0) is 86.9. The lowest BCUT2D eigenvalue weighted by atomic mass is 9.86. The van der Waals surface area contributed by atoms with E-state index in [1.54, 1.807) is 24.3 Å². The highest BCUT2D eigenvalue weighted by molar-refractivity contribution is 6.41. The third kappa shape index (κ3) is 11.4.